The maximum absolute atomic E-state index is 14.2. The van der Waals surface area contributed by atoms with E-state index in [1.165, 1.54) is 46.8 Å². The molecule has 13 heteroatoms. The lowest BCUT2D eigenvalue weighted by Crippen LogP contribution is -2.44. The lowest BCUT2D eigenvalue weighted by molar-refractivity contribution is -0.182. The minimum atomic E-state index is -1.62. The average molecular weight is 748 g/mol. The summed E-state index contributed by atoms with van der Waals surface area (Å²) < 4.78 is 12.9. The SMILES string of the molecule is CC(=O)OC(C(=O)O[C@@H]1[C@@H]2CC[C@H]1[C@@H](N(C)Cc1cccc(CCNC[C@H](O)c3ccc(O)c4[nH]c(=O)sc34)c1)C2)(c1cccs1)c1cccs1. The van der Waals surface area contributed by atoms with Gasteiger partial charge < -0.3 is 30.0 Å². The molecule has 3 aromatic heterocycles. The summed E-state index contributed by atoms with van der Waals surface area (Å²) in [6.45, 7) is 3.06. The Kier molecular flexibility index (Phi) is 10.5. The number of fused-ring (bicyclic) bond motifs is 3. The van der Waals surface area contributed by atoms with E-state index in [0.29, 0.717) is 38.6 Å². The number of phenolic OH excluding ortho intramolecular Hbond substituents is 1. The molecule has 51 heavy (non-hydrogen) atoms. The largest absolute Gasteiger partial charge is 0.506 e. The van der Waals surface area contributed by atoms with Crippen molar-refractivity contribution in [2.45, 2.75) is 63.0 Å². The standard InChI is InChI=1S/C38H41N3O7S3/c1-22(42)48-38(31-8-4-16-49-31,32-9-5-17-50-32)36(45)47-34-25-10-11-26(34)28(19-25)41(2)21-24-7-3-6-23(18-24)14-15-39-20-30(44)27-12-13-29(43)33-35(27)51-37(46)40-33/h3-9,12-13,16-18,25-26,28,30,34,39,43-44H,10-11,14-15,19-21H2,1-2H3,(H,40,46)/t25-,26+,28+,30+,34-/m1/s1. The zero-order chi connectivity index (χ0) is 35.7. The van der Waals surface area contributed by atoms with Crippen molar-refractivity contribution >= 4 is 56.2 Å². The third-order valence-corrected chi connectivity index (χ3v) is 13.1. The predicted octanol–water partition coefficient (Wildman–Crippen LogP) is 5.93. The Bertz CT molecular complexity index is 2010. The number of hydrogen-bond acceptors (Lipinski definition) is 12. The van der Waals surface area contributed by atoms with Gasteiger partial charge in [0.25, 0.3) is 5.60 Å². The molecule has 0 radical (unpaired) electrons. The summed E-state index contributed by atoms with van der Waals surface area (Å²) in [5.41, 5.74) is 1.73. The van der Waals surface area contributed by atoms with Crippen LogP contribution in [0.25, 0.3) is 10.2 Å². The molecule has 0 unspecified atom stereocenters. The van der Waals surface area contributed by atoms with E-state index in [1.54, 1.807) is 6.07 Å². The van der Waals surface area contributed by atoms with Gasteiger partial charge in [0.05, 0.1) is 20.6 Å². The molecule has 2 aliphatic rings. The molecule has 2 bridgehead atoms. The normalized spacial score (nSPS) is 20.6. The maximum atomic E-state index is 14.2. The predicted molar refractivity (Wildman–Crippen MR) is 199 cm³/mol. The Hall–Kier alpha value is -3.85. The average Bonchev–Trinajstić information content (AvgIpc) is 3.96. The van der Waals surface area contributed by atoms with Gasteiger partial charge in [-0.3, -0.25) is 14.5 Å². The van der Waals surface area contributed by atoms with E-state index in [2.05, 4.69) is 46.5 Å². The van der Waals surface area contributed by atoms with Gasteiger partial charge >= 0.3 is 16.8 Å². The fraction of sp³-hybridized carbons (Fsp3) is 0.395. The summed E-state index contributed by atoms with van der Waals surface area (Å²) in [7, 11) is 2.14. The van der Waals surface area contributed by atoms with Gasteiger partial charge in [-0.15, -0.1) is 22.7 Å². The molecule has 5 atom stereocenters. The van der Waals surface area contributed by atoms with E-state index in [0.717, 1.165) is 43.6 Å². The van der Waals surface area contributed by atoms with Crippen LogP contribution in [-0.2, 0) is 37.6 Å². The van der Waals surface area contributed by atoms with Crippen LogP contribution in [-0.4, -0.2) is 64.3 Å². The van der Waals surface area contributed by atoms with Crippen molar-refractivity contribution in [3.8, 4) is 5.75 Å². The molecular formula is C38H41N3O7S3. The Morgan fingerprint density at radius 1 is 1.06 bits per heavy atom. The van der Waals surface area contributed by atoms with Crippen molar-refractivity contribution in [2.24, 2.45) is 11.8 Å². The number of thiophene rings is 2. The van der Waals surface area contributed by atoms with Crippen LogP contribution in [0.15, 0.2) is 76.2 Å². The minimum Gasteiger partial charge on any atom is -0.506 e. The molecule has 268 valence electrons. The first-order valence-corrected chi connectivity index (χ1v) is 19.7. The van der Waals surface area contributed by atoms with E-state index in [9.17, 15) is 24.6 Å². The highest BCUT2D eigenvalue weighted by Crippen LogP contribution is 2.50. The van der Waals surface area contributed by atoms with Crippen molar-refractivity contribution in [1.82, 2.24) is 15.2 Å². The van der Waals surface area contributed by atoms with Crippen LogP contribution in [0, 0.1) is 11.8 Å². The number of aliphatic hydroxyl groups is 1. The molecule has 2 fully saturated rings. The fourth-order valence-electron chi connectivity index (χ4n) is 7.94. The molecule has 2 aromatic carbocycles. The number of aliphatic hydroxyl groups excluding tert-OH is 1. The van der Waals surface area contributed by atoms with E-state index in [4.69, 9.17) is 9.47 Å². The van der Waals surface area contributed by atoms with Crippen LogP contribution in [0.4, 0.5) is 0 Å². The second-order valence-electron chi connectivity index (χ2n) is 13.5. The molecule has 0 amide bonds. The van der Waals surface area contributed by atoms with E-state index in [1.807, 2.05) is 35.0 Å². The number of benzene rings is 2. The Balaban J connectivity index is 0.961. The van der Waals surface area contributed by atoms with Crippen LogP contribution in [0.2, 0.25) is 0 Å². The van der Waals surface area contributed by atoms with Crippen LogP contribution < -0.4 is 10.2 Å². The van der Waals surface area contributed by atoms with Gasteiger partial charge in [0, 0.05) is 37.5 Å². The molecule has 2 saturated carbocycles. The van der Waals surface area contributed by atoms with Crippen molar-refractivity contribution in [1.29, 1.82) is 0 Å². The smallest absolute Gasteiger partial charge is 0.362 e. The third-order valence-electron chi connectivity index (χ3n) is 10.2. The quantitative estimate of drug-likeness (QED) is 0.0804. The van der Waals surface area contributed by atoms with Gasteiger partial charge in [-0.1, -0.05) is 53.8 Å². The molecule has 10 nitrogen and oxygen atoms in total. The van der Waals surface area contributed by atoms with Gasteiger partial charge in [0.1, 0.15) is 17.4 Å². The number of thiazole rings is 1. The third kappa shape index (κ3) is 7.15. The highest BCUT2D eigenvalue weighted by molar-refractivity contribution is 7.16. The Morgan fingerprint density at radius 2 is 1.80 bits per heavy atom. The van der Waals surface area contributed by atoms with Gasteiger partial charge in [-0.25, -0.2) is 4.79 Å². The molecule has 3 heterocycles. The zero-order valence-electron chi connectivity index (χ0n) is 28.4. The number of carbonyl (C=O) groups excluding carboxylic acids is 2. The summed E-state index contributed by atoms with van der Waals surface area (Å²) in [5, 5.41) is 28.0. The lowest BCUT2D eigenvalue weighted by Gasteiger charge is -2.33. The number of esters is 2. The van der Waals surface area contributed by atoms with Gasteiger partial charge in [0.2, 0.25) is 0 Å². The number of nitrogens with one attached hydrogen (secondary N) is 2. The number of phenols is 1. The molecule has 4 N–H and O–H groups in total. The fourth-order valence-corrected chi connectivity index (χ4v) is 10.6. The van der Waals surface area contributed by atoms with Crippen LogP contribution in [0.3, 0.4) is 0 Å². The summed E-state index contributed by atoms with van der Waals surface area (Å²) in [6, 6.07) is 19.3. The highest BCUT2D eigenvalue weighted by Gasteiger charge is 2.56. The Morgan fingerprint density at radius 3 is 2.51 bits per heavy atom. The number of rotatable bonds is 14. The van der Waals surface area contributed by atoms with E-state index >= 15 is 0 Å². The number of H-pyrrole nitrogens is 1. The molecule has 0 saturated heterocycles. The number of aromatic amines is 1. The number of aromatic nitrogens is 1. The van der Waals surface area contributed by atoms with Crippen molar-refractivity contribution in [3.63, 3.8) is 0 Å². The summed E-state index contributed by atoms with van der Waals surface area (Å²) in [5.74, 6) is -0.641. The monoisotopic (exact) mass is 747 g/mol. The Labute approximate surface area is 307 Å². The number of hydrogen-bond donors (Lipinski definition) is 4. The minimum absolute atomic E-state index is 0.0107. The number of nitrogens with zero attached hydrogens (tertiary/aromatic N) is 1. The topological polar surface area (TPSA) is 141 Å². The molecular weight excluding hydrogens is 707 g/mol. The number of aromatic hydroxyl groups is 1. The molecule has 0 spiro atoms. The van der Waals surface area contributed by atoms with E-state index < -0.39 is 23.6 Å². The van der Waals surface area contributed by atoms with Crippen molar-refractivity contribution < 1.29 is 29.3 Å². The van der Waals surface area contributed by atoms with Gasteiger partial charge in [0.15, 0.2) is 0 Å². The molecule has 0 aliphatic heterocycles. The summed E-state index contributed by atoms with van der Waals surface area (Å²) in [6.07, 6.45) is 2.63. The first-order valence-electron chi connectivity index (χ1n) is 17.1. The number of carbonyl (C=O) groups is 2. The summed E-state index contributed by atoms with van der Waals surface area (Å²) in [4.78, 5) is 44.5. The second-order valence-corrected chi connectivity index (χ2v) is 16.4. The molecule has 7 rings (SSSR count). The lowest BCUT2D eigenvalue weighted by atomic mass is 9.94. The highest BCUT2D eigenvalue weighted by atomic mass is 32.1. The maximum Gasteiger partial charge on any atom is 0.362 e. The molecule has 5 aromatic rings. The van der Waals surface area contributed by atoms with Gasteiger partial charge in [-0.05, 0) is 85.3 Å². The zero-order valence-corrected chi connectivity index (χ0v) is 30.8. The van der Waals surface area contributed by atoms with Gasteiger partial charge in [-0.2, -0.15) is 0 Å². The second kappa shape index (κ2) is 15.0. The van der Waals surface area contributed by atoms with Crippen LogP contribution >= 0.6 is 34.0 Å². The first kappa shape index (κ1) is 35.5. The van der Waals surface area contributed by atoms with Crippen molar-refractivity contribution in [3.05, 3.63) is 108 Å². The van der Waals surface area contributed by atoms with E-state index in [-0.39, 0.29) is 34.6 Å². The van der Waals surface area contributed by atoms with Crippen LogP contribution in [0.1, 0.15) is 58.7 Å². The molecule has 2 aliphatic carbocycles. The first-order chi connectivity index (χ1) is 24.6. The summed E-state index contributed by atoms with van der Waals surface area (Å²) >= 11 is 3.73. The van der Waals surface area contributed by atoms with Crippen molar-refractivity contribution in [2.75, 3.05) is 20.1 Å². The number of ether oxygens (including phenoxy) is 2. The van der Waals surface area contributed by atoms with Crippen LogP contribution in [0.5, 0.6) is 5.75 Å².